The number of phenolic OH excluding ortho intramolecular Hbond substituents is 1. The highest BCUT2D eigenvalue weighted by Gasteiger charge is 2.15. The van der Waals surface area contributed by atoms with E-state index in [0.717, 1.165) is 11.3 Å². The van der Waals surface area contributed by atoms with Gasteiger partial charge in [0, 0.05) is 0 Å². The van der Waals surface area contributed by atoms with Crippen LogP contribution in [0.25, 0.3) is 0 Å². The second-order valence-corrected chi connectivity index (χ2v) is 4.82. The number of rotatable bonds is 5. The molecule has 1 aromatic heterocycles. The molecule has 0 radical (unpaired) electrons. The number of hydrogen-bond donors (Lipinski definition) is 2. The summed E-state index contributed by atoms with van der Waals surface area (Å²) in [7, 11) is 0. The van der Waals surface area contributed by atoms with Crippen molar-refractivity contribution in [3.63, 3.8) is 0 Å². The molecule has 0 spiro atoms. The summed E-state index contributed by atoms with van der Waals surface area (Å²) < 4.78 is 5.13. The molecule has 0 amide bonds. The first-order valence-corrected chi connectivity index (χ1v) is 6.93. The van der Waals surface area contributed by atoms with Crippen LogP contribution in [0.5, 0.6) is 5.75 Å². The van der Waals surface area contributed by atoms with E-state index in [4.69, 9.17) is 10.3 Å². The third kappa shape index (κ3) is 3.24. The first kappa shape index (κ1) is 12.9. The van der Waals surface area contributed by atoms with Crippen molar-refractivity contribution in [1.29, 1.82) is 0 Å². The first-order chi connectivity index (χ1) is 8.69. The quantitative estimate of drug-likeness (QED) is 0.858. The SMILES string of the molecule is CSCc1noc([C@H](N)Cc2ccc(O)cc2)n1. The van der Waals surface area contributed by atoms with Gasteiger partial charge in [0.1, 0.15) is 5.75 Å². The minimum atomic E-state index is -0.322. The summed E-state index contributed by atoms with van der Waals surface area (Å²) in [6.45, 7) is 0. The van der Waals surface area contributed by atoms with E-state index in [1.807, 2.05) is 18.4 Å². The highest BCUT2D eigenvalue weighted by atomic mass is 32.2. The lowest BCUT2D eigenvalue weighted by atomic mass is 10.1. The van der Waals surface area contributed by atoms with E-state index >= 15 is 0 Å². The largest absolute Gasteiger partial charge is 0.508 e. The molecule has 3 N–H and O–H groups in total. The van der Waals surface area contributed by atoms with Gasteiger partial charge >= 0.3 is 0 Å². The Kier molecular flexibility index (Phi) is 4.22. The molecule has 18 heavy (non-hydrogen) atoms. The summed E-state index contributed by atoms with van der Waals surface area (Å²) in [4.78, 5) is 4.24. The Bertz CT molecular complexity index is 498. The van der Waals surface area contributed by atoms with Crippen molar-refractivity contribution in [2.45, 2.75) is 18.2 Å². The van der Waals surface area contributed by atoms with Gasteiger partial charge in [0.2, 0.25) is 5.89 Å². The van der Waals surface area contributed by atoms with E-state index in [9.17, 15) is 5.11 Å². The van der Waals surface area contributed by atoms with Gasteiger partial charge in [0.15, 0.2) is 5.82 Å². The van der Waals surface area contributed by atoms with Crippen molar-refractivity contribution < 1.29 is 9.63 Å². The smallest absolute Gasteiger partial charge is 0.243 e. The van der Waals surface area contributed by atoms with Crippen LogP contribution < -0.4 is 5.73 Å². The molecule has 0 saturated heterocycles. The molecule has 0 saturated carbocycles. The fourth-order valence-corrected chi connectivity index (χ4v) is 1.95. The van der Waals surface area contributed by atoms with Gasteiger partial charge in [-0.05, 0) is 30.4 Å². The molecule has 0 aliphatic rings. The maximum Gasteiger partial charge on any atom is 0.243 e. The predicted molar refractivity (Wildman–Crippen MR) is 70.3 cm³/mol. The van der Waals surface area contributed by atoms with Crippen molar-refractivity contribution in [2.75, 3.05) is 6.26 Å². The third-order valence-corrected chi connectivity index (χ3v) is 3.01. The average Bonchev–Trinajstić information content (AvgIpc) is 2.81. The van der Waals surface area contributed by atoms with Crippen LogP contribution in [0.1, 0.15) is 23.3 Å². The van der Waals surface area contributed by atoms with Gasteiger partial charge in [-0.2, -0.15) is 16.7 Å². The minimum absolute atomic E-state index is 0.243. The monoisotopic (exact) mass is 265 g/mol. The van der Waals surface area contributed by atoms with Crippen molar-refractivity contribution in [3.05, 3.63) is 41.5 Å². The zero-order chi connectivity index (χ0) is 13.0. The third-order valence-electron chi connectivity index (χ3n) is 2.47. The summed E-state index contributed by atoms with van der Waals surface area (Å²) in [5, 5.41) is 13.1. The molecule has 0 aliphatic carbocycles. The van der Waals surface area contributed by atoms with Crippen LogP contribution in [-0.4, -0.2) is 21.5 Å². The normalized spacial score (nSPS) is 12.6. The Morgan fingerprint density at radius 3 is 2.78 bits per heavy atom. The summed E-state index contributed by atoms with van der Waals surface area (Å²) in [6.07, 6.45) is 2.58. The standard InChI is InChI=1S/C12H15N3O2S/c1-18-7-11-14-12(17-15-11)10(13)6-8-2-4-9(16)5-3-8/h2-5,10,16H,6-7,13H2,1H3/t10-/m1/s1. The van der Waals surface area contributed by atoms with Crippen LogP contribution in [-0.2, 0) is 12.2 Å². The predicted octanol–water partition coefficient (Wildman–Crippen LogP) is 1.88. The summed E-state index contributed by atoms with van der Waals surface area (Å²) >= 11 is 1.63. The number of phenols is 1. The van der Waals surface area contributed by atoms with Crippen LogP contribution in [0.4, 0.5) is 0 Å². The number of benzene rings is 1. The number of nitrogens with two attached hydrogens (primary N) is 1. The molecule has 5 nitrogen and oxygen atoms in total. The van der Waals surface area contributed by atoms with E-state index in [2.05, 4.69) is 10.1 Å². The van der Waals surface area contributed by atoms with E-state index in [1.54, 1.807) is 23.9 Å². The maximum atomic E-state index is 9.20. The van der Waals surface area contributed by atoms with Crippen molar-refractivity contribution in [2.24, 2.45) is 5.73 Å². The van der Waals surface area contributed by atoms with Gasteiger partial charge in [-0.1, -0.05) is 17.3 Å². The number of aromatic hydroxyl groups is 1. The highest BCUT2D eigenvalue weighted by molar-refractivity contribution is 7.97. The molecule has 96 valence electrons. The van der Waals surface area contributed by atoms with E-state index < -0.39 is 0 Å². The Labute approximate surface area is 109 Å². The second kappa shape index (κ2) is 5.88. The molecule has 1 aromatic carbocycles. The van der Waals surface area contributed by atoms with Gasteiger partial charge in [0.25, 0.3) is 0 Å². The highest BCUT2D eigenvalue weighted by Crippen LogP contribution is 2.17. The fraction of sp³-hybridized carbons (Fsp3) is 0.333. The molecule has 1 atom stereocenters. The summed E-state index contributed by atoms with van der Waals surface area (Å²) in [5.74, 6) is 2.08. The lowest BCUT2D eigenvalue weighted by Gasteiger charge is -2.06. The van der Waals surface area contributed by atoms with E-state index in [1.165, 1.54) is 0 Å². The van der Waals surface area contributed by atoms with Gasteiger partial charge in [-0.15, -0.1) is 0 Å². The van der Waals surface area contributed by atoms with Gasteiger partial charge in [0.05, 0.1) is 11.8 Å². The maximum absolute atomic E-state index is 9.20. The summed E-state index contributed by atoms with van der Waals surface area (Å²) in [5.41, 5.74) is 7.03. The van der Waals surface area contributed by atoms with Crippen LogP contribution in [0.3, 0.4) is 0 Å². The Morgan fingerprint density at radius 2 is 2.11 bits per heavy atom. The molecule has 0 fully saturated rings. The van der Waals surface area contributed by atoms with Crippen LogP contribution in [0.2, 0.25) is 0 Å². The lowest BCUT2D eigenvalue weighted by molar-refractivity contribution is 0.351. The molecule has 2 aromatic rings. The van der Waals surface area contributed by atoms with Crippen molar-refractivity contribution in [1.82, 2.24) is 10.1 Å². The molecule has 2 rings (SSSR count). The Morgan fingerprint density at radius 1 is 1.39 bits per heavy atom. The zero-order valence-electron chi connectivity index (χ0n) is 10.0. The van der Waals surface area contributed by atoms with Crippen molar-refractivity contribution in [3.8, 4) is 5.75 Å². The number of thioether (sulfide) groups is 1. The molecule has 0 aliphatic heterocycles. The van der Waals surface area contributed by atoms with Crippen molar-refractivity contribution >= 4 is 11.8 Å². The zero-order valence-corrected chi connectivity index (χ0v) is 10.9. The molecular formula is C12H15N3O2S. The first-order valence-electron chi connectivity index (χ1n) is 5.54. The lowest BCUT2D eigenvalue weighted by Crippen LogP contribution is -2.13. The molecule has 0 unspecified atom stereocenters. The van der Waals surface area contributed by atoms with E-state index in [-0.39, 0.29) is 11.8 Å². The molecule has 0 bridgehead atoms. The Balaban J connectivity index is 2.02. The number of aromatic nitrogens is 2. The van der Waals surface area contributed by atoms with E-state index in [0.29, 0.717) is 18.1 Å². The minimum Gasteiger partial charge on any atom is -0.508 e. The molecular weight excluding hydrogens is 250 g/mol. The molecule has 1 heterocycles. The van der Waals surface area contributed by atoms with Crippen LogP contribution >= 0.6 is 11.8 Å². The fourth-order valence-electron chi connectivity index (χ4n) is 1.58. The second-order valence-electron chi connectivity index (χ2n) is 3.96. The van der Waals surface area contributed by atoms with Gasteiger partial charge < -0.3 is 15.4 Å². The average molecular weight is 265 g/mol. The topological polar surface area (TPSA) is 85.2 Å². The van der Waals surface area contributed by atoms with Gasteiger partial charge in [-0.3, -0.25) is 0 Å². The molecule has 6 heteroatoms. The van der Waals surface area contributed by atoms with Crippen LogP contribution in [0.15, 0.2) is 28.8 Å². The summed E-state index contributed by atoms with van der Waals surface area (Å²) in [6, 6.07) is 6.60. The number of nitrogens with zero attached hydrogens (tertiary/aromatic N) is 2. The van der Waals surface area contributed by atoms with Gasteiger partial charge in [-0.25, -0.2) is 0 Å². The number of hydrogen-bond acceptors (Lipinski definition) is 6. The Hall–Kier alpha value is -1.53. The van der Waals surface area contributed by atoms with Crippen LogP contribution in [0, 0.1) is 0 Å².